The van der Waals surface area contributed by atoms with Crippen LogP contribution in [0.4, 0.5) is 11.6 Å². The van der Waals surface area contributed by atoms with Crippen molar-refractivity contribution in [2.24, 2.45) is 0 Å². The van der Waals surface area contributed by atoms with Crippen LogP contribution in [-0.2, 0) is 10.0 Å². The van der Waals surface area contributed by atoms with Crippen molar-refractivity contribution in [1.29, 1.82) is 0 Å². The molecule has 0 saturated carbocycles. The summed E-state index contributed by atoms with van der Waals surface area (Å²) in [5.74, 6) is -0.0300. The van der Waals surface area contributed by atoms with E-state index >= 15 is 0 Å². The number of hydrogen-bond donors (Lipinski definition) is 2. The number of aromatic nitrogens is 3. The standard InChI is InChI=1S/C9H9N5O2S/c10-7-3-1-4-11-8(7)17(15,16)14-9-12-5-2-6-13-9/h1-6H,10H2,(H,12,13,14). The van der Waals surface area contributed by atoms with Crippen molar-refractivity contribution in [3.05, 3.63) is 36.8 Å². The highest BCUT2D eigenvalue weighted by Gasteiger charge is 2.19. The summed E-state index contributed by atoms with van der Waals surface area (Å²) in [5, 5.41) is -0.243. The van der Waals surface area contributed by atoms with Crippen LogP contribution in [0, 0.1) is 0 Å². The summed E-state index contributed by atoms with van der Waals surface area (Å²) in [5.41, 5.74) is 5.60. The van der Waals surface area contributed by atoms with Crippen molar-refractivity contribution in [2.45, 2.75) is 5.03 Å². The molecule has 0 aliphatic carbocycles. The number of rotatable bonds is 3. The maximum absolute atomic E-state index is 11.9. The van der Waals surface area contributed by atoms with E-state index in [1.807, 2.05) is 0 Å². The van der Waals surface area contributed by atoms with Crippen LogP contribution in [0.2, 0.25) is 0 Å². The molecule has 17 heavy (non-hydrogen) atoms. The molecular formula is C9H9N5O2S. The first-order valence-corrected chi connectivity index (χ1v) is 6.08. The van der Waals surface area contributed by atoms with Crippen molar-refractivity contribution in [3.63, 3.8) is 0 Å². The smallest absolute Gasteiger partial charge is 0.283 e. The Bertz CT molecular complexity index is 614. The second-order valence-corrected chi connectivity index (χ2v) is 4.67. The SMILES string of the molecule is Nc1cccnc1S(=O)(=O)Nc1ncccn1. The Morgan fingerprint density at radius 3 is 2.35 bits per heavy atom. The molecule has 0 atom stereocenters. The van der Waals surface area contributed by atoms with Gasteiger partial charge in [-0.25, -0.2) is 19.7 Å². The number of nitrogens with two attached hydrogens (primary N) is 1. The van der Waals surface area contributed by atoms with Gasteiger partial charge in [-0.3, -0.25) is 0 Å². The van der Waals surface area contributed by atoms with Crippen molar-refractivity contribution in [1.82, 2.24) is 15.0 Å². The van der Waals surface area contributed by atoms with Crippen LogP contribution in [0.5, 0.6) is 0 Å². The Labute approximate surface area is 97.8 Å². The Hall–Kier alpha value is -2.22. The van der Waals surface area contributed by atoms with Gasteiger partial charge in [-0.05, 0) is 18.2 Å². The first-order chi connectivity index (χ1) is 8.09. The molecular weight excluding hydrogens is 242 g/mol. The van der Waals surface area contributed by atoms with E-state index in [2.05, 4.69) is 19.7 Å². The molecule has 0 aromatic carbocycles. The van der Waals surface area contributed by atoms with Gasteiger partial charge >= 0.3 is 0 Å². The van der Waals surface area contributed by atoms with Gasteiger partial charge in [0.05, 0.1) is 5.69 Å². The fourth-order valence-electron chi connectivity index (χ4n) is 1.15. The zero-order valence-corrected chi connectivity index (χ0v) is 9.42. The van der Waals surface area contributed by atoms with Gasteiger partial charge in [0.2, 0.25) is 5.95 Å². The lowest BCUT2D eigenvalue weighted by Gasteiger charge is -2.06. The lowest BCUT2D eigenvalue weighted by molar-refractivity contribution is 0.597. The van der Waals surface area contributed by atoms with Gasteiger partial charge in [0.15, 0.2) is 5.03 Å². The third kappa shape index (κ3) is 2.48. The molecule has 0 amide bonds. The summed E-state index contributed by atoms with van der Waals surface area (Å²) >= 11 is 0. The minimum absolute atomic E-state index is 0.0300. The molecule has 7 nitrogen and oxygen atoms in total. The molecule has 0 aliphatic rings. The predicted octanol–water partition coefficient (Wildman–Crippen LogP) is 0.255. The van der Waals surface area contributed by atoms with Crippen LogP contribution in [0.1, 0.15) is 0 Å². The van der Waals surface area contributed by atoms with Gasteiger partial charge in [0, 0.05) is 18.6 Å². The second-order valence-electron chi connectivity index (χ2n) is 3.08. The molecule has 2 aromatic heterocycles. The number of nitrogens with zero attached hydrogens (tertiary/aromatic N) is 3. The van der Waals surface area contributed by atoms with Gasteiger partial charge in [-0.1, -0.05) is 0 Å². The zero-order chi connectivity index (χ0) is 12.3. The van der Waals surface area contributed by atoms with Crippen LogP contribution < -0.4 is 10.5 Å². The maximum Gasteiger partial charge on any atom is 0.283 e. The minimum atomic E-state index is -3.86. The molecule has 0 bridgehead atoms. The largest absolute Gasteiger partial charge is 0.396 e. The first kappa shape index (κ1) is 11.3. The average molecular weight is 251 g/mol. The molecule has 0 unspecified atom stereocenters. The van der Waals surface area contributed by atoms with Gasteiger partial charge in [-0.2, -0.15) is 8.42 Å². The molecule has 0 radical (unpaired) electrons. The Morgan fingerprint density at radius 2 is 1.71 bits per heavy atom. The highest BCUT2D eigenvalue weighted by Crippen LogP contribution is 2.16. The monoisotopic (exact) mass is 251 g/mol. The number of nitrogens with one attached hydrogen (secondary N) is 1. The van der Waals surface area contributed by atoms with Gasteiger partial charge in [0.25, 0.3) is 10.0 Å². The molecule has 2 heterocycles. The molecule has 0 fully saturated rings. The van der Waals surface area contributed by atoms with E-state index in [4.69, 9.17) is 5.73 Å². The van der Waals surface area contributed by atoms with E-state index in [1.54, 1.807) is 12.1 Å². The summed E-state index contributed by atoms with van der Waals surface area (Å²) < 4.78 is 26.0. The van der Waals surface area contributed by atoms with Crippen molar-refractivity contribution >= 4 is 21.7 Å². The highest BCUT2D eigenvalue weighted by molar-refractivity contribution is 7.92. The predicted molar refractivity (Wildman–Crippen MR) is 61.5 cm³/mol. The first-order valence-electron chi connectivity index (χ1n) is 4.60. The molecule has 2 aromatic rings. The molecule has 8 heteroatoms. The quantitative estimate of drug-likeness (QED) is 0.809. The molecule has 0 aliphatic heterocycles. The summed E-state index contributed by atoms with van der Waals surface area (Å²) in [6.45, 7) is 0. The minimum Gasteiger partial charge on any atom is -0.396 e. The lowest BCUT2D eigenvalue weighted by atomic mass is 10.4. The molecule has 2 rings (SSSR count). The zero-order valence-electron chi connectivity index (χ0n) is 8.61. The number of anilines is 2. The van der Waals surface area contributed by atoms with Crippen LogP contribution in [0.15, 0.2) is 41.8 Å². The Morgan fingerprint density at radius 1 is 1.06 bits per heavy atom. The van der Waals surface area contributed by atoms with Crippen LogP contribution in [0.3, 0.4) is 0 Å². The fourth-order valence-corrected chi connectivity index (χ4v) is 2.17. The highest BCUT2D eigenvalue weighted by atomic mass is 32.2. The maximum atomic E-state index is 11.9. The molecule has 3 N–H and O–H groups in total. The molecule has 0 saturated heterocycles. The van der Waals surface area contributed by atoms with E-state index in [0.29, 0.717) is 0 Å². The second kappa shape index (κ2) is 4.34. The van der Waals surface area contributed by atoms with Crippen LogP contribution in [-0.4, -0.2) is 23.4 Å². The fraction of sp³-hybridized carbons (Fsp3) is 0. The summed E-state index contributed by atoms with van der Waals surface area (Å²) in [6.07, 6.45) is 4.19. The van der Waals surface area contributed by atoms with E-state index in [-0.39, 0.29) is 16.7 Å². The Kier molecular flexibility index (Phi) is 2.88. The molecule has 88 valence electrons. The van der Waals surface area contributed by atoms with E-state index in [0.717, 1.165) is 0 Å². The third-order valence-electron chi connectivity index (χ3n) is 1.85. The number of pyridine rings is 1. The number of sulfonamides is 1. The van der Waals surface area contributed by atoms with E-state index in [1.165, 1.54) is 24.7 Å². The van der Waals surface area contributed by atoms with Crippen LogP contribution in [0.25, 0.3) is 0 Å². The van der Waals surface area contributed by atoms with E-state index in [9.17, 15) is 8.42 Å². The molecule has 0 spiro atoms. The van der Waals surface area contributed by atoms with Gasteiger partial charge in [0.1, 0.15) is 0 Å². The summed E-state index contributed by atoms with van der Waals surface area (Å²) in [6, 6.07) is 4.58. The summed E-state index contributed by atoms with van der Waals surface area (Å²) in [4.78, 5) is 11.2. The summed E-state index contributed by atoms with van der Waals surface area (Å²) in [7, 11) is -3.86. The number of hydrogen-bond acceptors (Lipinski definition) is 6. The van der Waals surface area contributed by atoms with Gasteiger partial charge in [-0.15, -0.1) is 0 Å². The topological polar surface area (TPSA) is 111 Å². The van der Waals surface area contributed by atoms with E-state index < -0.39 is 10.0 Å². The van der Waals surface area contributed by atoms with Gasteiger partial charge < -0.3 is 5.73 Å². The normalized spacial score (nSPS) is 11.1. The number of nitrogen functional groups attached to an aromatic ring is 1. The van der Waals surface area contributed by atoms with Crippen molar-refractivity contribution < 1.29 is 8.42 Å². The van der Waals surface area contributed by atoms with Crippen molar-refractivity contribution in [2.75, 3.05) is 10.5 Å². The average Bonchev–Trinajstić information content (AvgIpc) is 2.30. The lowest BCUT2D eigenvalue weighted by Crippen LogP contribution is -2.17. The van der Waals surface area contributed by atoms with Crippen molar-refractivity contribution in [3.8, 4) is 0 Å². The van der Waals surface area contributed by atoms with Crippen LogP contribution >= 0.6 is 0 Å². The Balaban J connectivity index is 2.36. The third-order valence-corrected chi connectivity index (χ3v) is 3.15.